The van der Waals surface area contributed by atoms with Gasteiger partial charge in [-0.25, -0.2) is 0 Å². The highest BCUT2D eigenvalue weighted by molar-refractivity contribution is 6.17. The molecule has 0 radical (unpaired) electrons. The molecule has 1 aromatic rings. The van der Waals surface area contributed by atoms with Crippen molar-refractivity contribution in [2.24, 2.45) is 0 Å². The van der Waals surface area contributed by atoms with E-state index in [1.54, 1.807) is 13.0 Å². The average molecular weight is 198 g/mol. The molecule has 3 heteroatoms. The van der Waals surface area contributed by atoms with E-state index in [-0.39, 0.29) is 5.78 Å². The number of carbonyl (C=O) groups excluding carboxylic acids is 1. The smallest absolute Gasteiger partial charge is 0.134 e. The molecular weight excluding hydrogens is 186 g/mol. The zero-order valence-electron chi connectivity index (χ0n) is 7.51. The molecule has 1 rings (SSSR count). The molecule has 0 amide bonds. The summed E-state index contributed by atoms with van der Waals surface area (Å²) < 4.78 is 0. The lowest BCUT2D eigenvalue weighted by Gasteiger charge is -2.04. The van der Waals surface area contributed by atoms with Gasteiger partial charge >= 0.3 is 0 Å². The molecule has 0 saturated heterocycles. The maximum Gasteiger partial charge on any atom is 0.134 e. The lowest BCUT2D eigenvalue weighted by Crippen LogP contribution is -2.01. The number of Topliss-reactive ketones (excluding diaryl/α,β-unsaturated/α-hetero) is 1. The minimum Gasteiger partial charge on any atom is -0.398 e. The van der Waals surface area contributed by atoms with E-state index < -0.39 is 0 Å². The molecule has 2 nitrogen and oxygen atoms in total. The second kappa shape index (κ2) is 4.28. The predicted molar refractivity (Wildman–Crippen MR) is 54.8 cm³/mol. The average Bonchev–Trinajstić information content (AvgIpc) is 2.08. The van der Waals surface area contributed by atoms with Gasteiger partial charge in [0.2, 0.25) is 0 Å². The summed E-state index contributed by atoms with van der Waals surface area (Å²) in [5, 5.41) is 0. The summed E-state index contributed by atoms with van der Waals surface area (Å²) in [6.07, 6.45) is 0.385. The van der Waals surface area contributed by atoms with E-state index in [1.807, 2.05) is 12.1 Å². The van der Waals surface area contributed by atoms with Crippen molar-refractivity contribution in [1.82, 2.24) is 0 Å². The van der Waals surface area contributed by atoms with Gasteiger partial charge in [0.25, 0.3) is 0 Å². The van der Waals surface area contributed by atoms with Gasteiger partial charge in [-0.1, -0.05) is 12.1 Å². The first kappa shape index (κ1) is 10.1. The van der Waals surface area contributed by atoms with E-state index in [1.165, 1.54) is 0 Å². The Morgan fingerprint density at radius 3 is 2.77 bits per heavy atom. The molecule has 0 aliphatic carbocycles. The highest BCUT2D eigenvalue weighted by atomic mass is 35.5. The van der Waals surface area contributed by atoms with Crippen LogP contribution in [0.15, 0.2) is 18.2 Å². The second-order valence-corrected chi connectivity index (χ2v) is 3.31. The number of ketones is 1. The van der Waals surface area contributed by atoms with Gasteiger partial charge in [0.1, 0.15) is 5.78 Å². The van der Waals surface area contributed by atoms with Gasteiger partial charge < -0.3 is 5.73 Å². The maximum absolute atomic E-state index is 10.9. The van der Waals surface area contributed by atoms with Crippen LogP contribution in [0.25, 0.3) is 0 Å². The minimum absolute atomic E-state index is 0.110. The Labute approximate surface area is 82.7 Å². The van der Waals surface area contributed by atoms with Crippen LogP contribution in [0.2, 0.25) is 0 Å². The highest BCUT2D eigenvalue weighted by Gasteiger charge is 2.03. The van der Waals surface area contributed by atoms with Crippen LogP contribution in [0.4, 0.5) is 5.69 Å². The second-order valence-electron chi connectivity index (χ2n) is 3.05. The van der Waals surface area contributed by atoms with Crippen molar-refractivity contribution >= 4 is 23.1 Å². The van der Waals surface area contributed by atoms with Crippen LogP contribution in [-0.4, -0.2) is 5.78 Å². The molecule has 70 valence electrons. The molecule has 0 atom stereocenters. The third-order valence-electron chi connectivity index (χ3n) is 1.80. The van der Waals surface area contributed by atoms with Crippen molar-refractivity contribution < 1.29 is 4.79 Å². The molecule has 0 heterocycles. The standard InChI is InChI=1S/C10H12ClNO/c1-7(13)4-9-5-8(6-11)2-3-10(9)12/h2-3,5H,4,6,12H2,1H3. The zero-order chi connectivity index (χ0) is 9.84. The van der Waals surface area contributed by atoms with Crippen LogP contribution in [0.5, 0.6) is 0 Å². The number of hydrogen-bond acceptors (Lipinski definition) is 2. The Bertz CT molecular complexity index is 323. The van der Waals surface area contributed by atoms with Gasteiger partial charge in [0.05, 0.1) is 0 Å². The van der Waals surface area contributed by atoms with Crippen LogP contribution >= 0.6 is 11.6 Å². The SMILES string of the molecule is CC(=O)Cc1cc(CCl)ccc1N. The Balaban J connectivity index is 2.96. The van der Waals surface area contributed by atoms with Crippen molar-refractivity contribution in [3.63, 3.8) is 0 Å². The number of benzene rings is 1. The van der Waals surface area contributed by atoms with Crippen LogP contribution in [0.1, 0.15) is 18.1 Å². The Kier molecular flexibility index (Phi) is 3.32. The molecule has 0 fully saturated rings. The minimum atomic E-state index is 0.110. The summed E-state index contributed by atoms with van der Waals surface area (Å²) in [5.41, 5.74) is 8.21. The van der Waals surface area contributed by atoms with Gasteiger partial charge in [0.15, 0.2) is 0 Å². The molecule has 0 spiro atoms. The van der Waals surface area contributed by atoms with Crippen molar-refractivity contribution in [2.75, 3.05) is 5.73 Å². The molecular formula is C10H12ClNO. The van der Waals surface area contributed by atoms with Crippen molar-refractivity contribution in [3.05, 3.63) is 29.3 Å². The number of nitrogen functional groups attached to an aromatic ring is 1. The summed E-state index contributed by atoms with van der Waals surface area (Å²) in [5.74, 6) is 0.559. The Hall–Kier alpha value is -1.02. The van der Waals surface area contributed by atoms with E-state index in [2.05, 4.69) is 0 Å². The molecule has 1 aromatic carbocycles. The monoisotopic (exact) mass is 197 g/mol. The van der Waals surface area contributed by atoms with Gasteiger partial charge in [-0.15, -0.1) is 11.6 Å². The van der Waals surface area contributed by atoms with Crippen LogP contribution in [0, 0.1) is 0 Å². The third-order valence-corrected chi connectivity index (χ3v) is 2.11. The largest absolute Gasteiger partial charge is 0.398 e. The van der Waals surface area contributed by atoms with E-state index >= 15 is 0 Å². The summed E-state index contributed by atoms with van der Waals surface area (Å²) in [6, 6.07) is 5.53. The number of halogens is 1. The van der Waals surface area contributed by atoms with Gasteiger partial charge in [0, 0.05) is 18.0 Å². The topological polar surface area (TPSA) is 43.1 Å². The molecule has 2 N–H and O–H groups in total. The van der Waals surface area contributed by atoms with Crippen molar-refractivity contribution in [3.8, 4) is 0 Å². The predicted octanol–water partition coefficient (Wildman–Crippen LogP) is 2.14. The third kappa shape index (κ3) is 2.74. The lowest BCUT2D eigenvalue weighted by atomic mass is 10.0. The number of carbonyl (C=O) groups is 1. The fourth-order valence-corrected chi connectivity index (χ4v) is 1.33. The van der Waals surface area contributed by atoms with E-state index in [4.69, 9.17) is 17.3 Å². The van der Waals surface area contributed by atoms with E-state index in [9.17, 15) is 4.79 Å². The summed E-state index contributed by atoms with van der Waals surface area (Å²) in [6.45, 7) is 1.55. The van der Waals surface area contributed by atoms with Crippen LogP contribution in [0.3, 0.4) is 0 Å². The number of hydrogen-bond donors (Lipinski definition) is 1. The number of alkyl halides is 1. The molecule has 0 aliphatic rings. The highest BCUT2D eigenvalue weighted by Crippen LogP contribution is 2.16. The first-order chi connectivity index (χ1) is 6.13. The normalized spacial score (nSPS) is 10.0. The Morgan fingerprint density at radius 2 is 2.23 bits per heavy atom. The molecule has 0 aromatic heterocycles. The van der Waals surface area contributed by atoms with Crippen molar-refractivity contribution in [1.29, 1.82) is 0 Å². The van der Waals surface area contributed by atoms with Gasteiger partial charge in [-0.2, -0.15) is 0 Å². The summed E-state index contributed by atoms with van der Waals surface area (Å²) >= 11 is 5.66. The molecule has 0 saturated carbocycles. The molecule has 0 bridgehead atoms. The molecule has 13 heavy (non-hydrogen) atoms. The van der Waals surface area contributed by atoms with Crippen LogP contribution < -0.4 is 5.73 Å². The number of nitrogens with two attached hydrogens (primary N) is 1. The van der Waals surface area contributed by atoms with Gasteiger partial charge in [-0.05, 0) is 24.1 Å². The van der Waals surface area contributed by atoms with E-state index in [0.717, 1.165) is 11.1 Å². The number of rotatable bonds is 3. The number of anilines is 1. The summed E-state index contributed by atoms with van der Waals surface area (Å²) in [7, 11) is 0. The first-order valence-electron chi connectivity index (χ1n) is 4.06. The Morgan fingerprint density at radius 1 is 1.54 bits per heavy atom. The molecule has 0 unspecified atom stereocenters. The van der Waals surface area contributed by atoms with Crippen LogP contribution in [-0.2, 0) is 17.1 Å². The lowest BCUT2D eigenvalue weighted by molar-refractivity contribution is -0.116. The zero-order valence-corrected chi connectivity index (χ0v) is 8.27. The van der Waals surface area contributed by atoms with Gasteiger partial charge in [-0.3, -0.25) is 4.79 Å². The molecule has 0 aliphatic heterocycles. The first-order valence-corrected chi connectivity index (χ1v) is 4.59. The summed E-state index contributed by atoms with van der Waals surface area (Å²) in [4.78, 5) is 10.9. The van der Waals surface area contributed by atoms with Crippen molar-refractivity contribution in [2.45, 2.75) is 19.2 Å². The fraction of sp³-hybridized carbons (Fsp3) is 0.300. The fourth-order valence-electron chi connectivity index (χ4n) is 1.16. The maximum atomic E-state index is 10.9. The quantitative estimate of drug-likeness (QED) is 0.596. The van der Waals surface area contributed by atoms with E-state index in [0.29, 0.717) is 18.0 Å².